The summed E-state index contributed by atoms with van der Waals surface area (Å²) >= 11 is 0. The molecule has 150 valence electrons. The van der Waals surface area contributed by atoms with E-state index in [1.165, 1.54) is 12.1 Å². The first-order chi connectivity index (χ1) is 12.7. The van der Waals surface area contributed by atoms with E-state index in [0.717, 1.165) is 18.6 Å². The average Bonchev–Trinajstić information content (AvgIpc) is 2.61. The fourth-order valence-electron chi connectivity index (χ4n) is 2.93. The lowest BCUT2D eigenvalue weighted by atomic mass is 10.1. The van der Waals surface area contributed by atoms with Crippen molar-refractivity contribution in [2.75, 3.05) is 32.7 Å². The number of alkyl halides is 3. The lowest BCUT2D eigenvalue weighted by Gasteiger charge is -2.34. The maximum Gasteiger partial charge on any atom is 0.416 e. The molecule has 1 N–H and O–H groups in total. The highest BCUT2D eigenvalue weighted by molar-refractivity contribution is 5.79. The molecule has 0 aromatic heterocycles. The molecule has 1 unspecified atom stereocenters. The van der Waals surface area contributed by atoms with Crippen LogP contribution >= 0.6 is 0 Å². The summed E-state index contributed by atoms with van der Waals surface area (Å²) in [4.78, 5) is 27.9. The number of benzene rings is 1. The zero-order valence-corrected chi connectivity index (χ0v) is 15.7. The number of carbonyl (C=O) groups is 2. The van der Waals surface area contributed by atoms with E-state index in [9.17, 15) is 22.8 Å². The molecule has 0 spiro atoms. The summed E-state index contributed by atoms with van der Waals surface area (Å²) in [5, 5.41) is 2.91. The molecule has 1 heterocycles. The number of hydrogen-bond acceptors (Lipinski definition) is 3. The van der Waals surface area contributed by atoms with Crippen molar-refractivity contribution in [3.8, 4) is 0 Å². The van der Waals surface area contributed by atoms with Crippen molar-refractivity contribution in [3.05, 3.63) is 35.4 Å². The van der Waals surface area contributed by atoms with Gasteiger partial charge in [-0.05, 0) is 25.0 Å². The van der Waals surface area contributed by atoms with Crippen LogP contribution in [0.4, 0.5) is 13.2 Å². The van der Waals surface area contributed by atoms with Crippen molar-refractivity contribution in [3.63, 3.8) is 0 Å². The van der Waals surface area contributed by atoms with Crippen LogP contribution in [0.5, 0.6) is 0 Å². The molecule has 1 atom stereocenters. The topological polar surface area (TPSA) is 52.7 Å². The molecule has 1 aromatic carbocycles. The Balaban J connectivity index is 1.82. The van der Waals surface area contributed by atoms with Crippen LogP contribution in [0.15, 0.2) is 24.3 Å². The normalized spacial score (nSPS) is 16.9. The minimum Gasteiger partial charge on any atom is -0.353 e. The number of amides is 2. The van der Waals surface area contributed by atoms with Gasteiger partial charge >= 0.3 is 6.18 Å². The zero-order valence-electron chi connectivity index (χ0n) is 15.7. The van der Waals surface area contributed by atoms with E-state index >= 15 is 0 Å². The van der Waals surface area contributed by atoms with Gasteiger partial charge in [-0.1, -0.05) is 25.1 Å². The lowest BCUT2D eigenvalue weighted by Crippen LogP contribution is -2.52. The monoisotopic (exact) mass is 385 g/mol. The van der Waals surface area contributed by atoms with Gasteiger partial charge in [-0.15, -0.1) is 0 Å². The van der Waals surface area contributed by atoms with Gasteiger partial charge in [0, 0.05) is 32.2 Å². The second-order valence-corrected chi connectivity index (χ2v) is 6.91. The Morgan fingerprint density at radius 2 is 1.85 bits per heavy atom. The summed E-state index contributed by atoms with van der Waals surface area (Å²) in [5.74, 6) is -0.230. The molecular formula is C19H26F3N3O2. The third kappa shape index (κ3) is 6.53. The van der Waals surface area contributed by atoms with Crippen molar-refractivity contribution in [2.45, 2.75) is 38.9 Å². The fraction of sp³-hybridized carbons (Fsp3) is 0.579. The summed E-state index contributed by atoms with van der Waals surface area (Å²) in [6, 6.07) is 5.00. The molecule has 1 aliphatic heterocycles. The molecule has 0 radical (unpaired) electrons. The van der Waals surface area contributed by atoms with Gasteiger partial charge in [-0.3, -0.25) is 14.5 Å². The highest BCUT2D eigenvalue weighted by Gasteiger charge is 2.30. The SMILES string of the molecule is CCC(C)NC(=O)CN1CCN(C(=O)Cc2cccc(C(F)(F)F)c2)CC1. The molecule has 1 fully saturated rings. The van der Waals surface area contributed by atoms with Gasteiger partial charge in [0.15, 0.2) is 0 Å². The van der Waals surface area contributed by atoms with Crippen molar-refractivity contribution >= 4 is 11.8 Å². The van der Waals surface area contributed by atoms with Gasteiger partial charge < -0.3 is 10.2 Å². The van der Waals surface area contributed by atoms with E-state index in [2.05, 4.69) is 5.32 Å². The minimum absolute atomic E-state index is 0.0342. The van der Waals surface area contributed by atoms with Crippen molar-refractivity contribution in [2.24, 2.45) is 0 Å². The average molecular weight is 385 g/mol. The standard InChI is InChI=1S/C19H26F3N3O2/c1-3-14(2)23-17(26)13-24-7-9-25(10-8-24)18(27)12-15-5-4-6-16(11-15)19(20,21)22/h4-6,11,14H,3,7-10,12-13H2,1-2H3,(H,23,26). The Kier molecular flexibility index (Phi) is 7.24. The van der Waals surface area contributed by atoms with Crippen LogP contribution in [-0.4, -0.2) is 60.4 Å². The summed E-state index contributed by atoms with van der Waals surface area (Å²) in [5.41, 5.74) is -0.393. The predicted octanol–water partition coefficient (Wildman–Crippen LogP) is 2.31. The molecule has 2 rings (SSSR count). The molecule has 0 aliphatic carbocycles. The van der Waals surface area contributed by atoms with Crippen LogP contribution < -0.4 is 5.32 Å². The molecular weight excluding hydrogens is 359 g/mol. The third-order valence-corrected chi connectivity index (χ3v) is 4.72. The first-order valence-electron chi connectivity index (χ1n) is 9.14. The van der Waals surface area contributed by atoms with Crippen LogP contribution in [0.25, 0.3) is 0 Å². The molecule has 1 saturated heterocycles. The Morgan fingerprint density at radius 3 is 2.44 bits per heavy atom. The third-order valence-electron chi connectivity index (χ3n) is 4.72. The smallest absolute Gasteiger partial charge is 0.353 e. The van der Waals surface area contributed by atoms with Crippen molar-refractivity contribution in [1.29, 1.82) is 0 Å². The fourth-order valence-corrected chi connectivity index (χ4v) is 2.93. The van der Waals surface area contributed by atoms with Gasteiger partial charge in [0.25, 0.3) is 0 Å². The number of halogens is 3. The molecule has 0 bridgehead atoms. The van der Waals surface area contributed by atoms with E-state index in [0.29, 0.717) is 38.3 Å². The van der Waals surface area contributed by atoms with E-state index in [-0.39, 0.29) is 24.3 Å². The minimum atomic E-state index is -4.42. The maximum absolute atomic E-state index is 12.8. The summed E-state index contributed by atoms with van der Waals surface area (Å²) in [6.45, 7) is 6.31. The summed E-state index contributed by atoms with van der Waals surface area (Å²) < 4.78 is 38.3. The second-order valence-electron chi connectivity index (χ2n) is 6.91. The van der Waals surface area contributed by atoms with E-state index in [1.807, 2.05) is 18.7 Å². The highest BCUT2D eigenvalue weighted by atomic mass is 19.4. The van der Waals surface area contributed by atoms with Crippen LogP contribution in [-0.2, 0) is 22.2 Å². The van der Waals surface area contributed by atoms with Crippen LogP contribution in [0.3, 0.4) is 0 Å². The van der Waals surface area contributed by atoms with E-state index < -0.39 is 11.7 Å². The first-order valence-corrected chi connectivity index (χ1v) is 9.14. The van der Waals surface area contributed by atoms with E-state index in [4.69, 9.17) is 0 Å². The number of carbonyl (C=O) groups excluding carboxylic acids is 2. The van der Waals surface area contributed by atoms with E-state index in [1.54, 1.807) is 4.90 Å². The lowest BCUT2D eigenvalue weighted by molar-refractivity contribution is -0.138. The van der Waals surface area contributed by atoms with Crippen LogP contribution in [0, 0.1) is 0 Å². The Bertz CT molecular complexity index is 656. The van der Waals surface area contributed by atoms with Gasteiger partial charge in [-0.25, -0.2) is 0 Å². The summed E-state index contributed by atoms with van der Waals surface area (Å²) in [6.07, 6.45) is -3.61. The molecule has 2 amide bonds. The maximum atomic E-state index is 12.8. The number of piperazine rings is 1. The number of rotatable bonds is 6. The Hall–Kier alpha value is -2.09. The highest BCUT2D eigenvalue weighted by Crippen LogP contribution is 2.29. The molecule has 0 saturated carbocycles. The van der Waals surface area contributed by atoms with Gasteiger partial charge in [0.05, 0.1) is 18.5 Å². The quantitative estimate of drug-likeness (QED) is 0.818. The molecule has 8 heteroatoms. The number of nitrogens with one attached hydrogen (secondary N) is 1. The largest absolute Gasteiger partial charge is 0.416 e. The van der Waals surface area contributed by atoms with Crippen molar-refractivity contribution in [1.82, 2.24) is 15.1 Å². The number of nitrogens with zero attached hydrogens (tertiary/aromatic N) is 2. The van der Waals surface area contributed by atoms with Crippen molar-refractivity contribution < 1.29 is 22.8 Å². The Morgan fingerprint density at radius 1 is 1.19 bits per heavy atom. The zero-order chi connectivity index (χ0) is 20.0. The van der Waals surface area contributed by atoms with Gasteiger partial charge in [0.2, 0.25) is 11.8 Å². The first kappa shape index (κ1) is 21.2. The van der Waals surface area contributed by atoms with Crippen LogP contribution in [0.1, 0.15) is 31.4 Å². The Labute approximate surface area is 157 Å². The molecule has 1 aliphatic rings. The van der Waals surface area contributed by atoms with Crippen LogP contribution in [0.2, 0.25) is 0 Å². The molecule has 1 aromatic rings. The van der Waals surface area contributed by atoms with Gasteiger partial charge in [-0.2, -0.15) is 13.2 Å². The van der Waals surface area contributed by atoms with Gasteiger partial charge in [0.1, 0.15) is 0 Å². The number of hydrogen-bond donors (Lipinski definition) is 1. The molecule has 27 heavy (non-hydrogen) atoms. The second kappa shape index (κ2) is 9.21. The summed E-state index contributed by atoms with van der Waals surface area (Å²) in [7, 11) is 0. The molecule has 5 nitrogen and oxygen atoms in total. The predicted molar refractivity (Wildman–Crippen MR) is 96.1 cm³/mol.